The molecule has 2 aromatic carbocycles. The van der Waals surface area contributed by atoms with Crippen LogP contribution in [0.3, 0.4) is 0 Å². The van der Waals surface area contributed by atoms with E-state index in [1.165, 1.54) is 39.5 Å². The van der Waals surface area contributed by atoms with Gasteiger partial charge in [0.2, 0.25) is 5.91 Å². The number of sulfonamides is 1. The maximum Gasteiger partial charge on any atom is 0.264 e. The molecule has 9 heteroatoms. The van der Waals surface area contributed by atoms with E-state index in [1.54, 1.807) is 24.3 Å². The number of amides is 1. The summed E-state index contributed by atoms with van der Waals surface area (Å²) >= 11 is 0. The summed E-state index contributed by atoms with van der Waals surface area (Å²) in [7, 11) is 0.282. The van der Waals surface area contributed by atoms with E-state index in [9.17, 15) is 13.2 Å². The van der Waals surface area contributed by atoms with Crippen molar-refractivity contribution in [3.05, 3.63) is 42.5 Å². The molecule has 0 spiro atoms. The van der Waals surface area contributed by atoms with E-state index >= 15 is 0 Å². The van der Waals surface area contributed by atoms with E-state index in [2.05, 4.69) is 5.32 Å². The third-order valence-electron chi connectivity index (χ3n) is 3.94. The number of hydrogen-bond acceptors (Lipinski definition) is 6. The highest BCUT2D eigenvalue weighted by atomic mass is 32.2. The molecule has 152 valence electrons. The predicted octanol–water partition coefficient (Wildman–Crippen LogP) is 2.04. The van der Waals surface area contributed by atoms with Crippen LogP contribution in [0.4, 0.5) is 5.69 Å². The highest BCUT2D eigenvalue weighted by Crippen LogP contribution is 2.32. The Labute approximate surface area is 165 Å². The first-order valence-electron chi connectivity index (χ1n) is 8.55. The van der Waals surface area contributed by atoms with Crippen LogP contribution in [0, 0.1) is 0 Å². The molecule has 0 saturated heterocycles. The molecule has 0 bridgehead atoms. The minimum atomic E-state index is -4.05. The second kappa shape index (κ2) is 9.32. The Balaban J connectivity index is 2.50. The second-order valence-corrected chi connectivity index (χ2v) is 7.49. The number of anilines is 1. The summed E-state index contributed by atoms with van der Waals surface area (Å²) in [6, 6.07) is 10.8. The molecule has 0 heterocycles. The van der Waals surface area contributed by atoms with Crippen molar-refractivity contribution in [2.24, 2.45) is 0 Å². The van der Waals surface area contributed by atoms with E-state index in [1.807, 2.05) is 6.92 Å². The predicted molar refractivity (Wildman–Crippen MR) is 106 cm³/mol. The Kier molecular flexibility index (Phi) is 7.11. The molecule has 0 aromatic heterocycles. The third kappa shape index (κ3) is 4.66. The van der Waals surface area contributed by atoms with Crippen molar-refractivity contribution in [2.45, 2.75) is 11.8 Å². The summed E-state index contributed by atoms with van der Waals surface area (Å²) in [5, 5.41) is 2.45. The van der Waals surface area contributed by atoms with Gasteiger partial charge in [-0.05, 0) is 43.3 Å². The lowest BCUT2D eigenvalue weighted by molar-refractivity contribution is -0.119. The maximum absolute atomic E-state index is 13.3. The van der Waals surface area contributed by atoms with Gasteiger partial charge in [0.1, 0.15) is 12.3 Å². The molecule has 0 atom stereocenters. The molecule has 28 heavy (non-hydrogen) atoms. The summed E-state index contributed by atoms with van der Waals surface area (Å²) in [5.41, 5.74) is 0.335. The van der Waals surface area contributed by atoms with Gasteiger partial charge in [-0.1, -0.05) is 0 Å². The van der Waals surface area contributed by atoms with Gasteiger partial charge in [-0.3, -0.25) is 9.10 Å². The maximum atomic E-state index is 13.3. The Bertz CT molecular complexity index is 913. The summed E-state index contributed by atoms with van der Waals surface area (Å²) < 4.78 is 43.3. The van der Waals surface area contributed by atoms with Gasteiger partial charge in [0, 0.05) is 13.1 Å². The molecule has 1 N–H and O–H groups in total. The first-order valence-corrected chi connectivity index (χ1v) is 9.99. The van der Waals surface area contributed by atoms with E-state index in [-0.39, 0.29) is 17.2 Å². The average molecular weight is 408 g/mol. The lowest BCUT2D eigenvalue weighted by Crippen LogP contribution is -2.39. The SMILES string of the molecule is CCOc1ccc(N(CC(=O)NC)S(=O)(=O)c2ccc(OC)c(OC)c2)cc1. The lowest BCUT2D eigenvalue weighted by atomic mass is 10.3. The van der Waals surface area contributed by atoms with Crippen LogP contribution in [0.25, 0.3) is 0 Å². The molecule has 8 nitrogen and oxygen atoms in total. The quantitative estimate of drug-likeness (QED) is 0.682. The Morgan fingerprint density at radius 3 is 2.21 bits per heavy atom. The van der Waals surface area contributed by atoms with Gasteiger partial charge in [-0.2, -0.15) is 0 Å². The minimum absolute atomic E-state index is 0.0251. The van der Waals surface area contributed by atoms with Crippen LogP contribution in [0.1, 0.15) is 6.92 Å². The number of rotatable bonds is 9. The number of methoxy groups -OCH3 is 2. The van der Waals surface area contributed by atoms with Gasteiger partial charge in [0.15, 0.2) is 11.5 Å². The average Bonchev–Trinajstić information content (AvgIpc) is 2.72. The summed E-state index contributed by atoms with van der Waals surface area (Å²) in [6.45, 7) is 1.97. The van der Waals surface area contributed by atoms with E-state index < -0.39 is 15.9 Å². The standard InChI is InChI=1S/C19H24N2O6S/c1-5-27-15-8-6-14(7-9-15)21(13-19(22)20-2)28(23,24)16-10-11-17(25-3)18(12-16)26-4/h6-12H,5,13H2,1-4H3,(H,20,22). The summed E-state index contributed by atoms with van der Waals surface area (Å²) in [5.74, 6) is 0.836. The second-order valence-electron chi connectivity index (χ2n) is 5.63. The fourth-order valence-corrected chi connectivity index (χ4v) is 3.94. The van der Waals surface area contributed by atoms with Gasteiger partial charge in [0.25, 0.3) is 10.0 Å². The highest BCUT2D eigenvalue weighted by Gasteiger charge is 2.28. The number of carbonyl (C=O) groups is 1. The first-order chi connectivity index (χ1) is 13.4. The van der Waals surface area contributed by atoms with Gasteiger partial charge >= 0.3 is 0 Å². The van der Waals surface area contributed by atoms with Crippen molar-refractivity contribution in [1.82, 2.24) is 5.32 Å². The van der Waals surface area contributed by atoms with Gasteiger partial charge < -0.3 is 19.5 Å². The number of nitrogens with one attached hydrogen (secondary N) is 1. The molecule has 0 aliphatic heterocycles. The van der Waals surface area contributed by atoms with E-state index in [0.29, 0.717) is 23.8 Å². The van der Waals surface area contributed by atoms with Gasteiger partial charge in [0.05, 0.1) is 31.4 Å². The van der Waals surface area contributed by atoms with Crippen LogP contribution >= 0.6 is 0 Å². The molecule has 0 aliphatic carbocycles. The van der Waals surface area contributed by atoms with Crippen molar-refractivity contribution < 1.29 is 27.4 Å². The smallest absolute Gasteiger partial charge is 0.264 e. The number of nitrogens with zero attached hydrogens (tertiary/aromatic N) is 1. The Morgan fingerprint density at radius 2 is 1.68 bits per heavy atom. The Morgan fingerprint density at radius 1 is 1.04 bits per heavy atom. The van der Waals surface area contributed by atoms with Crippen molar-refractivity contribution in [3.63, 3.8) is 0 Å². The number of hydrogen-bond donors (Lipinski definition) is 1. The topological polar surface area (TPSA) is 94.2 Å². The first kappa shape index (κ1) is 21.4. The molecule has 0 fully saturated rings. The zero-order valence-corrected chi connectivity index (χ0v) is 17.1. The van der Waals surface area contributed by atoms with Crippen LogP contribution < -0.4 is 23.8 Å². The molecule has 0 aliphatic rings. The van der Waals surface area contributed by atoms with E-state index in [4.69, 9.17) is 14.2 Å². The summed E-state index contributed by atoms with van der Waals surface area (Å²) in [4.78, 5) is 12.0. The largest absolute Gasteiger partial charge is 0.494 e. The van der Waals surface area contributed by atoms with Crippen molar-refractivity contribution in [2.75, 3.05) is 38.7 Å². The van der Waals surface area contributed by atoms with Crippen molar-refractivity contribution in [1.29, 1.82) is 0 Å². The fraction of sp³-hybridized carbons (Fsp3) is 0.316. The molecule has 0 unspecified atom stereocenters. The summed E-state index contributed by atoms with van der Waals surface area (Å²) in [6.07, 6.45) is 0. The zero-order valence-electron chi connectivity index (χ0n) is 16.3. The monoisotopic (exact) mass is 408 g/mol. The zero-order chi connectivity index (χ0) is 20.7. The molecular formula is C19H24N2O6S. The Hall–Kier alpha value is -2.94. The van der Waals surface area contributed by atoms with Crippen LogP contribution in [0.5, 0.6) is 17.2 Å². The van der Waals surface area contributed by atoms with E-state index in [0.717, 1.165) is 4.31 Å². The molecule has 1 amide bonds. The number of ether oxygens (including phenoxy) is 3. The van der Waals surface area contributed by atoms with Gasteiger partial charge in [-0.25, -0.2) is 8.42 Å². The van der Waals surface area contributed by atoms with Gasteiger partial charge in [-0.15, -0.1) is 0 Å². The van der Waals surface area contributed by atoms with Crippen molar-refractivity contribution in [3.8, 4) is 17.2 Å². The molecule has 2 rings (SSSR count). The fourth-order valence-electron chi connectivity index (χ4n) is 2.50. The molecular weight excluding hydrogens is 384 g/mol. The van der Waals surface area contributed by atoms with Crippen LogP contribution in [0.2, 0.25) is 0 Å². The normalized spacial score (nSPS) is 10.9. The number of carbonyl (C=O) groups excluding carboxylic acids is 1. The van der Waals surface area contributed by atoms with Crippen LogP contribution in [-0.4, -0.2) is 48.7 Å². The third-order valence-corrected chi connectivity index (χ3v) is 5.71. The number of likely N-dealkylation sites (N-methyl/N-ethyl adjacent to an activating group) is 1. The molecule has 0 saturated carbocycles. The minimum Gasteiger partial charge on any atom is -0.494 e. The van der Waals surface area contributed by atoms with Crippen LogP contribution in [-0.2, 0) is 14.8 Å². The number of benzene rings is 2. The lowest BCUT2D eigenvalue weighted by Gasteiger charge is -2.24. The van der Waals surface area contributed by atoms with Crippen molar-refractivity contribution >= 4 is 21.6 Å². The highest BCUT2D eigenvalue weighted by molar-refractivity contribution is 7.92. The molecule has 0 radical (unpaired) electrons. The van der Waals surface area contributed by atoms with Crippen LogP contribution in [0.15, 0.2) is 47.4 Å². The molecule has 2 aromatic rings.